The Hall–Kier alpha value is -3.83. The van der Waals surface area contributed by atoms with Crippen LogP contribution in [0.2, 0.25) is 0 Å². The summed E-state index contributed by atoms with van der Waals surface area (Å²) in [5, 5.41) is 8.72. The van der Waals surface area contributed by atoms with Crippen LogP contribution in [-0.4, -0.2) is 23.4 Å². The molecular weight excluding hydrogens is 447 g/mol. The predicted octanol–water partition coefficient (Wildman–Crippen LogP) is 7.18. The Balaban J connectivity index is 1.54. The maximum Gasteiger partial charge on any atom is 0.341 e. The van der Waals surface area contributed by atoms with Gasteiger partial charge in [-0.1, -0.05) is 78.9 Å². The molecule has 34 heavy (non-hydrogen) atoms. The largest absolute Gasteiger partial charge is 0.482 e. The van der Waals surface area contributed by atoms with Gasteiger partial charge in [0.25, 0.3) is 0 Å². The highest BCUT2D eigenvalue weighted by atomic mass is 32.2. The van der Waals surface area contributed by atoms with E-state index in [9.17, 15) is 9.18 Å². The molecule has 0 unspecified atom stereocenters. The van der Waals surface area contributed by atoms with Crippen molar-refractivity contribution in [2.75, 3.05) is 12.4 Å². The zero-order valence-electron chi connectivity index (χ0n) is 18.4. The molecule has 0 heterocycles. The molecular formula is C29H23FO3S. The van der Waals surface area contributed by atoms with Crippen molar-refractivity contribution in [1.29, 1.82) is 0 Å². The van der Waals surface area contributed by atoms with E-state index in [2.05, 4.69) is 24.3 Å². The standard InChI is InChI=1S/C29H23FO3S/c30-28-9-5-4-8-27(28)26(23-12-10-22(11-13-23)21-6-2-1-3-7-21)18-19-34-25-16-14-24(15-17-25)33-20-29(31)32/h1-18H,19-20H2,(H,31,32)/b26-18-. The molecule has 4 aromatic carbocycles. The number of thioether (sulfide) groups is 1. The second-order valence-electron chi connectivity index (χ2n) is 7.51. The summed E-state index contributed by atoms with van der Waals surface area (Å²) in [6, 6.07) is 32.4. The lowest BCUT2D eigenvalue weighted by atomic mass is 9.95. The Morgan fingerprint density at radius 3 is 2.15 bits per heavy atom. The number of ether oxygens (including phenoxy) is 1. The fraction of sp³-hybridized carbons (Fsp3) is 0.0690. The highest BCUT2D eigenvalue weighted by Crippen LogP contribution is 2.30. The lowest BCUT2D eigenvalue weighted by Gasteiger charge is -2.11. The van der Waals surface area contributed by atoms with Gasteiger partial charge in [0, 0.05) is 16.2 Å². The highest BCUT2D eigenvalue weighted by molar-refractivity contribution is 7.99. The lowest BCUT2D eigenvalue weighted by molar-refractivity contribution is -0.139. The van der Waals surface area contributed by atoms with Crippen LogP contribution in [0.25, 0.3) is 16.7 Å². The van der Waals surface area contributed by atoms with Gasteiger partial charge in [-0.25, -0.2) is 9.18 Å². The van der Waals surface area contributed by atoms with Crippen LogP contribution in [-0.2, 0) is 4.79 Å². The number of carboxylic acids is 1. The van der Waals surface area contributed by atoms with Crippen molar-refractivity contribution < 1.29 is 19.0 Å². The van der Waals surface area contributed by atoms with E-state index in [4.69, 9.17) is 9.84 Å². The van der Waals surface area contributed by atoms with Crippen LogP contribution in [0.4, 0.5) is 4.39 Å². The van der Waals surface area contributed by atoms with Crippen LogP contribution in [0.15, 0.2) is 114 Å². The van der Waals surface area contributed by atoms with E-state index < -0.39 is 5.97 Å². The van der Waals surface area contributed by atoms with Gasteiger partial charge in [-0.2, -0.15) is 0 Å². The molecule has 0 atom stereocenters. The molecule has 0 aromatic heterocycles. The Kier molecular flexibility index (Phi) is 7.79. The lowest BCUT2D eigenvalue weighted by Crippen LogP contribution is -2.09. The summed E-state index contributed by atoms with van der Waals surface area (Å²) in [4.78, 5) is 11.6. The van der Waals surface area contributed by atoms with E-state index in [0.29, 0.717) is 17.1 Å². The molecule has 4 aromatic rings. The molecule has 0 aliphatic rings. The molecule has 0 radical (unpaired) electrons. The first-order valence-corrected chi connectivity index (χ1v) is 11.8. The summed E-state index contributed by atoms with van der Waals surface area (Å²) in [5.74, 6) is -0.126. The van der Waals surface area contributed by atoms with E-state index in [1.807, 2.05) is 54.6 Å². The van der Waals surface area contributed by atoms with Gasteiger partial charge >= 0.3 is 5.97 Å². The fourth-order valence-electron chi connectivity index (χ4n) is 3.53. The third-order valence-electron chi connectivity index (χ3n) is 5.19. The van der Waals surface area contributed by atoms with Crippen molar-refractivity contribution in [1.82, 2.24) is 0 Å². The van der Waals surface area contributed by atoms with Crippen LogP contribution in [0.1, 0.15) is 11.1 Å². The molecule has 0 spiro atoms. The number of aliphatic carboxylic acids is 1. The molecule has 0 amide bonds. The Bertz CT molecular complexity index is 1270. The molecule has 170 valence electrons. The summed E-state index contributed by atoms with van der Waals surface area (Å²) in [6.07, 6.45) is 2.04. The molecule has 0 fully saturated rings. The van der Waals surface area contributed by atoms with Crippen LogP contribution in [0.3, 0.4) is 0 Å². The predicted molar refractivity (Wildman–Crippen MR) is 136 cm³/mol. The SMILES string of the molecule is O=C(O)COc1ccc(SC/C=C(/c2ccc(-c3ccccc3)cc2)c2ccccc2F)cc1. The maximum absolute atomic E-state index is 14.7. The third kappa shape index (κ3) is 6.15. The average Bonchev–Trinajstić information content (AvgIpc) is 2.87. The number of rotatable bonds is 9. The van der Waals surface area contributed by atoms with Crippen LogP contribution >= 0.6 is 11.8 Å². The van der Waals surface area contributed by atoms with Crippen molar-refractivity contribution >= 4 is 23.3 Å². The van der Waals surface area contributed by atoms with E-state index in [0.717, 1.165) is 27.2 Å². The summed E-state index contributed by atoms with van der Waals surface area (Å²) < 4.78 is 19.9. The van der Waals surface area contributed by atoms with Gasteiger partial charge in [0.2, 0.25) is 0 Å². The van der Waals surface area contributed by atoms with Crippen LogP contribution in [0, 0.1) is 5.82 Å². The molecule has 3 nitrogen and oxygen atoms in total. The van der Waals surface area contributed by atoms with E-state index in [1.54, 1.807) is 36.0 Å². The van der Waals surface area contributed by atoms with Gasteiger partial charge < -0.3 is 9.84 Å². The first-order valence-electron chi connectivity index (χ1n) is 10.8. The second kappa shape index (κ2) is 11.3. The second-order valence-corrected chi connectivity index (χ2v) is 8.60. The normalized spacial score (nSPS) is 11.3. The smallest absolute Gasteiger partial charge is 0.341 e. The Morgan fingerprint density at radius 2 is 1.47 bits per heavy atom. The van der Waals surface area contributed by atoms with E-state index in [1.165, 1.54) is 6.07 Å². The van der Waals surface area contributed by atoms with Crippen LogP contribution < -0.4 is 4.74 Å². The van der Waals surface area contributed by atoms with Crippen molar-refractivity contribution in [2.24, 2.45) is 0 Å². The van der Waals surface area contributed by atoms with Crippen molar-refractivity contribution in [3.63, 3.8) is 0 Å². The zero-order chi connectivity index (χ0) is 23.8. The Morgan fingerprint density at radius 1 is 0.824 bits per heavy atom. The van der Waals surface area contributed by atoms with Gasteiger partial charge in [-0.15, -0.1) is 11.8 Å². The van der Waals surface area contributed by atoms with E-state index in [-0.39, 0.29) is 12.4 Å². The molecule has 0 aliphatic heterocycles. The summed E-state index contributed by atoms with van der Waals surface area (Å²) in [5.41, 5.74) is 4.59. The molecule has 0 aliphatic carbocycles. The number of benzene rings is 4. The van der Waals surface area contributed by atoms with E-state index >= 15 is 0 Å². The van der Waals surface area contributed by atoms with Crippen molar-refractivity contribution in [3.05, 3.63) is 126 Å². The quantitative estimate of drug-likeness (QED) is 0.263. The number of carbonyl (C=O) groups is 1. The monoisotopic (exact) mass is 470 g/mol. The van der Waals surface area contributed by atoms with Crippen LogP contribution in [0.5, 0.6) is 5.75 Å². The minimum absolute atomic E-state index is 0.259. The van der Waals surface area contributed by atoms with Gasteiger partial charge in [-0.3, -0.25) is 0 Å². The summed E-state index contributed by atoms with van der Waals surface area (Å²) in [6.45, 7) is -0.371. The molecule has 0 bridgehead atoms. The van der Waals surface area contributed by atoms with Crippen molar-refractivity contribution in [2.45, 2.75) is 4.90 Å². The minimum Gasteiger partial charge on any atom is -0.482 e. The topological polar surface area (TPSA) is 46.5 Å². The molecule has 4 rings (SSSR count). The first-order chi connectivity index (χ1) is 16.6. The zero-order valence-corrected chi connectivity index (χ0v) is 19.2. The molecule has 0 saturated carbocycles. The molecule has 1 N–H and O–H groups in total. The van der Waals surface area contributed by atoms with Gasteiger partial charge in [-0.05, 0) is 52.6 Å². The van der Waals surface area contributed by atoms with Gasteiger partial charge in [0.05, 0.1) is 0 Å². The highest BCUT2D eigenvalue weighted by Gasteiger charge is 2.10. The number of hydrogen-bond donors (Lipinski definition) is 1. The molecule has 0 saturated heterocycles. The summed E-state index contributed by atoms with van der Waals surface area (Å²) in [7, 11) is 0. The first kappa shape index (κ1) is 23.3. The average molecular weight is 471 g/mol. The fourth-order valence-corrected chi connectivity index (χ4v) is 4.31. The minimum atomic E-state index is -1.01. The number of carboxylic acid groups (broad SMARTS) is 1. The number of halogens is 1. The van der Waals surface area contributed by atoms with Gasteiger partial charge in [0.1, 0.15) is 11.6 Å². The van der Waals surface area contributed by atoms with Crippen molar-refractivity contribution in [3.8, 4) is 16.9 Å². The summed E-state index contributed by atoms with van der Waals surface area (Å²) >= 11 is 1.61. The molecule has 5 heteroatoms. The number of hydrogen-bond acceptors (Lipinski definition) is 3. The maximum atomic E-state index is 14.7. The Labute approximate surface area is 202 Å². The third-order valence-corrected chi connectivity index (χ3v) is 6.13. The van der Waals surface area contributed by atoms with Gasteiger partial charge in [0.15, 0.2) is 6.61 Å².